The van der Waals surface area contributed by atoms with Crippen LogP contribution in [0.4, 0.5) is 23.1 Å². The summed E-state index contributed by atoms with van der Waals surface area (Å²) in [4.78, 5) is 28.1. The molecule has 1 amide bonds. The molecule has 0 unspecified atom stereocenters. The standard InChI is InChI=1S/C28H34N6O4/c1-32-17-20-15-29-28(30-24-8-7-21(14-25(24)38-3)33-11-9-22(35)10-12-33)31-27(20)34(18-26(32)36)16-19-5-4-6-23(13-19)37-2/h4-8,13-15,22,35H,9-12,16-18H2,1-3H3,(H,29,30,31). The lowest BCUT2D eigenvalue weighted by Gasteiger charge is -2.31. The zero-order valence-corrected chi connectivity index (χ0v) is 22.1. The molecule has 0 saturated carbocycles. The molecular formula is C28H34N6O4. The summed E-state index contributed by atoms with van der Waals surface area (Å²) in [7, 11) is 5.07. The topological polar surface area (TPSA) is 103 Å². The lowest BCUT2D eigenvalue weighted by atomic mass is 10.1. The van der Waals surface area contributed by atoms with Crippen molar-refractivity contribution in [2.75, 3.05) is 56.0 Å². The fraction of sp³-hybridized carbons (Fsp3) is 0.393. The lowest BCUT2D eigenvalue weighted by molar-refractivity contribution is -0.128. The predicted octanol–water partition coefficient (Wildman–Crippen LogP) is 3.18. The van der Waals surface area contributed by atoms with Crippen LogP contribution in [0, 0.1) is 0 Å². The number of hydrogen-bond acceptors (Lipinski definition) is 9. The smallest absolute Gasteiger partial charge is 0.242 e. The maximum atomic E-state index is 12.8. The number of aliphatic hydroxyl groups is 1. The number of nitrogens with zero attached hydrogens (tertiary/aromatic N) is 5. The highest BCUT2D eigenvalue weighted by Crippen LogP contribution is 2.33. The van der Waals surface area contributed by atoms with Gasteiger partial charge in [0.05, 0.1) is 39.1 Å². The number of piperidine rings is 1. The van der Waals surface area contributed by atoms with Crippen molar-refractivity contribution in [2.24, 2.45) is 0 Å². The highest BCUT2D eigenvalue weighted by Gasteiger charge is 2.26. The van der Waals surface area contributed by atoms with E-state index in [1.807, 2.05) is 47.4 Å². The molecule has 38 heavy (non-hydrogen) atoms. The largest absolute Gasteiger partial charge is 0.497 e. The minimum atomic E-state index is -0.224. The van der Waals surface area contributed by atoms with Gasteiger partial charge in [-0.2, -0.15) is 4.98 Å². The molecule has 1 aromatic heterocycles. The van der Waals surface area contributed by atoms with Crippen LogP contribution in [-0.4, -0.2) is 72.9 Å². The Balaban J connectivity index is 1.41. The summed E-state index contributed by atoms with van der Waals surface area (Å²) in [6.45, 7) is 2.76. The number of nitrogens with one attached hydrogen (secondary N) is 1. The summed E-state index contributed by atoms with van der Waals surface area (Å²) in [6, 6.07) is 13.8. The molecule has 0 atom stereocenters. The third-order valence-corrected chi connectivity index (χ3v) is 7.07. The summed E-state index contributed by atoms with van der Waals surface area (Å²) >= 11 is 0. The van der Waals surface area contributed by atoms with Crippen molar-refractivity contribution in [1.29, 1.82) is 0 Å². The van der Waals surface area contributed by atoms with Gasteiger partial charge in [0, 0.05) is 50.2 Å². The van der Waals surface area contributed by atoms with Crippen LogP contribution in [0.5, 0.6) is 11.5 Å². The molecule has 0 spiro atoms. The number of amides is 1. The number of fused-ring (bicyclic) bond motifs is 1. The molecule has 0 aliphatic carbocycles. The summed E-state index contributed by atoms with van der Waals surface area (Å²) in [5, 5.41) is 13.1. The zero-order chi connectivity index (χ0) is 26.6. The van der Waals surface area contributed by atoms with Gasteiger partial charge in [-0.05, 0) is 42.7 Å². The molecule has 3 aromatic rings. The summed E-state index contributed by atoms with van der Waals surface area (Å²) < 4.78 is 11.1. The van der Waals surface area contributed by atoms with Crippen molar-refractivity contribution in [2.45, 2.75) is 32.0 Å². The van der Waals surface area contributed by atoms with E-state index in [4.69, 9.17) is 14.5 Å². The number of ether oxygens (including phenoxy) is 2. The Morgan fingerprint density at radius 3 is 2.66 bits per heavy atom. The first-order valence-electron chi connectivity index (χ1n) is 12.8. The highest BCUT2D eigenvalue weighted by molar-refractivity contribution is 5.83. The maximum absolute atomic E-state index is 12.8. The second-order valence-electron chi connectivity index (χ2n) is 9.73. The molecular weight excluding hydrogens is 484 g/mol. The van der Waals surface area contributed by atoms with E-state index in [1.54, 1.807) is 32.4 Å². The van der Waals surface area contributed by atoms with Gasteiger partial charge in [0.2, 0.25) is 11.9 Å². The van der Waals surface area contributed by atoms with E-state index >= 15 is 0 Å². The van der Waals surface area contributed by atoms with E-state index in [0.717, 1.165) is 54.2 Å². The van der Waals surface area contributed by atoms with Crippen LogP contribution in [0.2, 0.25) is 0 Å². The van der Waals surface area contributed by atoms with Gasteiger partial charge in [-0.3, -0.25) is 4.79 Å². The molecule has 200 valence electrons. The van der Waals surface area contributed by atoms with Crippen molar-refractivity contribution in [3.63, 3.8) is 0 Å². The number of anilines is 4. The van der Waals surface area contributed by atoms with Crippen LogP contribution in [0.3, 0.4) is 0 Å². The van der Waals surface area contributed by atoms with Crippen LogP contribution >= 0.6 is 0 Å². The minimum absolute atomic E-state index is 0.0166. The second kappa shape index (κ2) is 11.1. The number of likely N-dealkylation sites (N-methyl/N-ethyl adjacent to an activating group) is 1. The average molecular weight is 519 g/mol. The fourth-order valence-electron chi connectivity index (χ4n) is 4.89. The molecule has 2 N–H and O–H groups in total. The van der Waals surface area contributed by atoms with Gasteiger partial charge in [0.1, 0.15) is 17.3 Å². The van der Waals surface area contributed by atoms with Gasteiger partial charge in [0.25, 0.3) is 0 Å². The second-order valence-corrected chi connectivity index (χ2v) is 9.73. The normalized spacial score (nSPS) is 16.2. The van der Waals surface area contributed by atoms with Crippen molar-refractivity contribution in [1.82, 2.24) is 14.9 Å². The predicted molar refractivity (Wildman–Crippen MR) is 146 cm³/mol. The molecule has 0 radical (unpaired) electrons. The van der Waals surface area contributed by atoms with Crippen molar-refractivity contribution < 1.29 is 19.4 Å². The summed E-state index contributed by atoms with van der Waals surface area (Å²) in [5.41, 5.74) is 3.69. The monoisotopic (exact) mass is 518 g/mol. The first-order chi connectivity index (χ1) is 18.4. The zero-order valence-electron chi connectivity index (χ0n) is 22.1. The van der Waals surface area contributed by atoms with Gasteiger partial charge in [-0.1, -0.05) is 12.1 Å². The molecule has 10 heteroatoms. The lowest BCUT2D eigenvalue weighted by Crippen LogP contribution is -2.35. The molecule has 2 aliphatic heterocycles. The number of hydrogen-bond donors (Lipinski definition) is 2. The number of aromatic nitrogens is 2. The number of methoxy groups -OCH3 is 2. The molecule has 2 aliphatic rings. The SMILES string of the molecule is COc1cccc(CN2CC(=O)N(C)Cc3cnc(Nc4ccc(N5CCC(O)CC5)cc4OC)nc32)c1. The Labute approximate surface area is 222 Å². The summed E-state index contributed by atoms with van der Waals surface area (Å²) in [6.07, 6.45) is 3.07. The van der Waals surface area contributed by atoms with E-state index in [2.05, 4.69) is 15.2 Å². The Kier molecular flexibility index (Phi) is 7.50. The Bertz CT molecular complexity index is 1290. The molecule has 0 bridgehead atoms. The first-order valence-corrected chi connectivity index (χ1v) is 12.8. The Morgan fingerprint density at radius 2 is 1.89 bits per heavy atom. The molecule has 3 heterocycles. The van der Waals surface area contributed by atoms with Gasteiger partial charge < -0.3 is 34.6 Å². The average Bonchev–Trinajstić information content (AvgIpc) is 3.05. The van der Waals surface area contributed by atoms with E-state index in [-0.39, 0.29) is 18.6 Å². The minimum Gasteiger partial charge on any atom is -0.497 e. The van der Waals surface area contributed by atoms with E-state index in [0.29, 0.717) is 30.6 Å². The van der Waals surface area contributed by atoms with Gasteiger partial charge in [-0.15, -0.1) is 0 Å². The van der Waals surface area contributed by atoms with Crippen molar-refractivity contribution in [3.8, 4) is 11.5 Å². The van der Waals surface area contributed by atoms with Crippen LogP contribution in [0.25, 0.3) is 0 Å². The molecule has 2 aromatic carbocycles. The molecule has 1 fully saturated rings. The van der Waals surface area contributed by atoms with Crippen molar-refractivity contribution in [3.05, 3.63) is 59.8 Å². The van der Waals surface area contributed by atoms with Crippen LogP contribution in [-0.2, 0) is 17.9 Å². The van der Waals surface area contributed by atoms with E-state index < -0.39 is 0 Å². The van der Waals surface area contributed by atoms with Gasteiger partial charge >= 0.3 is 0 Å². The highest BCUT2D eigenvalue weighted by atomic mass is 16.5. The Morgan fingerprint density at radius 1 is 1.08 bits per heavy atom. The third-order valence-electron chi connectivity index (χ3n) is 7.07. The number of rotatable bonds is 7. The number of aliphatic hydroxyl groups excluding tert-OH is 1. The molecule has 1 saturated heterocycles. The quantitative estimate of drug-likeness (QED) is 0.488. The summed E-state index contributed by atoms with van der Waals surface area (Å²) in [5.74, 6) is 2.59. The van der Waals surface area contributed by atoms with Crippen LogP contribution in [0.15, 0.2) is 48.7 Å². The number of carbonyl (C=O) groups excluding carboxylic acids is 1. The van der Waals surface area contributed by atoms with E-state index in [9.17, 15) is 9.90 Å². The van der Waals surface area contributed by atoms with Gasteiger partial charge in [-0.25, -0.2) is 4.98 Å². The Hall–Kier alpha value is -4.05. The fourth-order valence-corrected chi connectivity index (χ4v) is 4.89. The molecule has 10 nitrogen and oxygen atoms in total. The number of benzene rings is 2. The van der Waals surface area contributed by atoms with Crippen LogP contribution < -0.4 is 24.6 Å². The maximum Gasteiger partial charge on any atom is 0.242 e. The van der Waals surface area contributed by atoms with Crippen molar-refractivity contribution >= 4 is 29.0 Å². The van der Waals surface area contributed by atoms with Gasteiger partial charge in [0.15, 0.2) is 0 Å². The first kappa shape index (κ1) is 25.6. The van der Waals surface area contributed by atoms with E-state index in [1.165, 1.54) is 0 Å². The van der Waals surface area contributed by atoms with Crippen LogP contribution in [0.1, 0.15) is 24.0 Å². The third kappa shape index (κ3) is 5.60. The molecule has 5 rings (SSSR count). The number of carbonyl (C=O) groups is 1.